The van der Waals surface area contributed by atoms with E-state index in [-0.39, 0.29) is 5.82 Å². The summed E-state index contributed by atoms with van der Waals surface area (Å²) in [7, 11) is 0. The van der Waals surface area contributed by atoms with E-state index in [0.29, 0.717) is 39.2 Å². The molecule has 0 radical (unpaired) electrons. The Morgan fingerprint density at radius 3 is 2.35 bits per heavy atom. The molecule has 3 aromatic rings. The molecule has 0 spiro atoms. The molecular formula is C22H22FN3O4S. The highest BCUT2D eigenvalue weighted by molar-refractivity contribution is 7.17. The number of rotatable bonds is 7. The van der Waals surface area contributed by atoms with Gasteiger partial charge in [0.1, 0.15) is 27.2 Å². The number of hydrazine groups is 1. The number of benzene rings is 2. The predicted molar refractivity (Wildman–Crippen MR) is 116 cm³/mol. The van der Waals surface area contributed by atoms with Crippen molar-refractivity contribution in [1.29, 1.82) is 0 Å². The molecule has 2 amide bonds. The molecule has 9 heteroatoms. The number of hydrogen-bond acceptors (Lipinski definition) is 6. The largest absolute Gasteiger partial charge is 0.494 e. The summed E-state index contributed by atoms with van der Waals surface area (Å²) in [5.74, 6) is -0.147. The Kier molecular flexibility index (Phi) is 7.19. The molecule has 2 N–H and O–H groups in total. The van der Waals surface area contributed by atoms with Gasteiger partial charge < -0.3 is 9.47 Å². The first-order valence-corrected chi connectivity index (χ1v) is 10.4. The fourth-order valence-corrected chi connectivity index (χ4v) is 3.61. The van der Waals surface area contributed by atoms with E-state index in [0.717, 1.165) is 11.3 Å². The molecular weight excluding hydrogens is 421 g/mol. The van der Waals surface area contributed by atoms with Crippen LogP contribution in [0.5, 0.6) is 11.5 Å². The Hall–Kier alpha value is -3.46. The number of ether oxygens (including phenoxy) is 2. The lowest BCUT2D eigenvalue weighted by atomic mass is 10.2. The van der Waals surface area contributed by atoms with Crippen LogP contribution >= 0.6 is 11.3 Å². The maximum Gasteiger partial charge on any atom is 0.281 e. The molecule has 0 fully saturated rings. The van der Waals surface area contributed by atoms with Crippen LogP contribution in [0.15, 0.2) is 48.5 Å². The summed E-state index contributed by atoms with van der Waals surface area (Å²) in [6.45, 7) is 5.71. The van der Waals surface area contributed by atoms with Crippen LogP contribution in [0.1, 0.15) is 29.2 Å². The first-order valence-electron chi connectivity index (χ1n) is 9.60. The zero-order valence-corrected chi connectivity index (χ0v) is 18.1. The third-order valence-electron chi connectivity index (χ3n) is 4.21. The number of aromatic nitrogens is 1. The average molecular weight is 444 g/mol. The van der Waals surface area contributed by atoms with Gasteiger partial charge in [-0.25, -0.2) is 9.37 Å². The number of nitrogens with zero attached hydrogens (tertiary/aromatic N) is 1. The summed E-state index contributed by atoms with van der Waals surface area (Å²) in [6.07, 6.45) is -0.837. The Bertz CT molecular complexity index is 1050. The summed E-state index contributed by atoms with van der Waals surface area (Å²) < 4.78 is 24.1. The molecule has 31 heavy (non-hydrogen) atoms. The molecule has 2 aromatic carbocycles. The van der Waals surface area contributed by atoms with Crippen molar-refractivity contribution >= 4 is 23.2 Å². The van der Waals surface area contributed by atoms with Gasteiger partial charge in [0.15, 0.2) is 6.10 Å². The molecule has 0 aliphatic rings. The van der Waals surface area contributed by atoms with Crippen molar-refractivity contribution in [3.05, 3.63) is 64.9 Å². The van der Waals surface area contributed by atoms with E-state index >= 15 is 0 Å². The number of carbonyl (C=O) groups is 2. The number of thiazole rings is 1. The van der Waals surface area contributed by atoms with E-state index in [4.69, 9.17) is 9.47 Å². The number of nitrogens with one attached hydrogen (secondary N) is 2. The van der Waals surface area contributed by atoms with E-state index in [1.165, 1.54) is 12.1 Å². The average Bonchev–Trinajstić information content (AvgIpc) is 3.15. The van der Waals surface area contributed by atoms with Crippen LogP contribution in [0.3, 0.4) is 0 Å². The van der Waals surface area contributed by atoms with Gasteiger partial charge in [-0.3, -0.25) is 20.4 Å². The Balaban J connectivity index is 1.56. The van der Waals surface area contributed by atoms with Gasteiger partial charge in [-0.15, -0.1) is 11.3 Å². The van der Waals surface area contributed by atoms with Gasteiger partial charge >= 0.3 is 0 Å². The van der Waals surface area contributed by atoms with Crippen LogP contribution in [0.25, 0.3) is 10.6 Å². The third-order valence-corrected chi connectivity index (χ3v) is 5.42. The minimum atomic E-state index is -0.837. The summed E-state index contributed by atoms with van der Waals surface area (Å²) in [4.78, 5) is 29.5. The molecule has 0 bridgehead atoms. The molecule has 0 aliphatic carbocycles. The molecule has 1 unspecified atom stereocenters. The van der Waals surface area contributed by atoms with E-state index in [1.807, 2.05) is 6.92 Å². The summed E-state index contributed by atoms with van der Waals surface area (Å²) in [5, 5.41) is 0.584. The molecule has 1 heterocycles. The number of hydrogen-bond donors (Lipinski definition) is 2. The maximum absolute atomic E-state index is 13.1. The third kappa shape index (κ3) is 5.79. The van der Waals surface area contributed by atoms with Crippen molar-refractivity contribution in [3.63, 3.8) is 0 Å². The van der Waals surface area contributed by atoms with Crippen molar-refractivity contribution in [3.8, 4) is 22.1 Å². The van der Waals surface area contributed by atoms with Crippen molar-refractivity contribution < 1.29 is 23.5 Å². The molecule has 1 atom stereocenters. The van der Waals surface area contributed by atoms with E-state index in [2.05, 4.69) is 15.8 Å². The van der Waals surface area contributed by atoms with Gasteiger partial charge in [0.05, 0.1) is 12.3 Å². The van der Waals surface area contributed by atoms with Gasteiger partial charge in [0, 0.05) is 5.56 Å². The van der Waals surface area contributed by atoms with Gasteiger partial charge in [-0.2, -0.15) is 0 Å². The van der Waals surface area contributed by atoms with Crippen LogP contribution in [-0.2, 0) is 4.79 Å². The topological polar surface area (TPSA) is 89.5 Å². The number of carbonyl (C=O) groups excluding carboxylic acids is 2. The highest BCUT2D eigenvalue weighted by atomic mass is 32.1. The standard InChI is InChI=1S/C22H22FN3O4S/c1-4-29-17-9-11-18(12-10-17)30-14(3)20(27)25-26-21(28)19-13(2)24-22(31-19)15-5-7-16(23)8-6-15/h5-12,14H,4H2,1-3H3,(H,25,27)(H,26,28). The highest BCUT2D eigenvalue weighted by Gasteiger charge is 2.19. The van der Waals surface area contributed by atoms with Crippen LogP contribution in [0.2, 0.25) is 0 Å². The van der Waals surface area contributed by atoms with Gasteiger partial charge in [0.25, 0.3) is 11.8 Å². The van der Waals surface area contributed by atoms with Gasteiger partial charge in [-0.1, -0.05) is 0 Å². The molecule has 162 valence electrons. The lowest BCUT2D eigenvalue weighted by Gasteiger charge is -2.15. The summed E-state index contributed by atoms with van der Waals surface area (Å²) in [6, 6.07) is 12.7. The van der Waals surface area contributed by atoms with E-state index in [1.54, 1.807) is 50.2 Å². The fraction of sp³-hybridized carbons (Fsp3) is 0.227. The number of halogens is 1. The minimum absolute atomic E-state index is 0.347. The van der Waals surface area contributed by atoms with Crippen molar-refractivity contribution in [1.82, 2.24) is 15.8 Å². The molecule has 1 aromatic heterocycles. The Labute approximate surface area is 183 Å². The maximum atomic E-state index is 13.1. The zero-order valence-electron chi connectivity index (χ0n) is 17.3. The number of aryl methyl sites for hydroxylation is 1. The summed E-state index contributed by atoms with van der Waals surface area (Å²) in [5.41, 5.74) is 5.95. The van der Waals surface area contributed by atoms with Crippen molar-refractivity contribution in [2.75, 3.05) is 6.61 Å². The molecule has 7 nitrogen and oxygen atoms in total. The Morgan fingerprint density at radius 1 is 1.06 bits per heavy atom. The first-order chi connectivity index (χ1) is 14.9. The second-order valence-corrected chi connectivity index (χ2v) is 7.55. The molecule has 0 saturated heterocycles. The van der Waals surface area contributed by atoms with Crippen molar-refractivity contribution in [2.24, 2.45) is 0 Å². The van der Waals surface area contributed by atoms with Crippen LogP contribution in [-0.4, -0.2) is 29.5 Å². The van der Waals surface area contributed by atoms with Crippen LogP contribution in [0.4, 0.5) is 4.39 Å². The lowest BCUT2D eigenvalue weighted by molar-refractivity contribution is -0.128. The monoisotopic (exact) mass is 443 g/mol. The SMILES string of the molecule is CCOc1ccc(OC(C)C(=O)NNC(=O)c2sc(-c3ccc(F)cc3)nc2C)cc1. The zero-order chi connectivity index (χ0) is 22.4. The first kappa shape index (κ1) is 22.2. The second kappa shape index (κ2) is 10.0. The molecule has 3 rings (SSSR count). The predicted octanol–water partition coefficient (Wildman–Crippen LogP) is 3.88. The normalized spacial score (nSPS) is 11.5. The Morgan fingerprint density at radius 2 is 1.71 bits per heavy atom. The lowest BCUT2D eigenvalue weighted by Crippen LogP contribution is -2.47. The molecule has 0 aliphatic heterocycles. The van der Waals surface area contributed by atoms with Gasteiger partial charge in [0.2, 0.25) is 0 Å². The van der Waals surface area contributed by atoms with Crippen LogP contribution in [0, 0.1) is 12.7 Å². The van der Waals surface area contributed by atoms with Crippen LogP contribution < -0.4 is 20.3 Å². The van der Waals surface area contributed by atoms with Crippen molar-refractivity contribution in [2.45, 2.75) is 26.9 Å². The number of amides is 2. The smallest absolute Gasteiger partial charge is 0.281 e. The quantitative estimate of drug-likeness (QED) is 0.541. The second-order valence-electron chi connectivity index (χ2n) is 6.55. The summed E-state index contributed by atoms with van der Waals surface area (Å²) >= 11 is 1.15. The minimum Gasteiger partial charge on any atom is -0.494 e. The highest BCUT2D eigenvalue weighted by Crippen LogP contribution is 2.28. The molecule has 0 saturated carbocycles. The van der Waals surface area contributed by atoms with Gasteiger partial charge in [-0.05, 0) is 69.3 Å². The van der Waals surface area contributed by atoms with E-state index in [9.17, 15) is 14.0 Å². The fourth-order valence-electron chi connectivity index (χ4n) is 2.64. The van der Waals surface area contributed by atoms with E-state index < -0.39 is 17.9 Å².